The fraction of sp³-hybridized carbons (Fsp3) is 0.364. The summed E-state index contributed by atoms with van der Waals surface area (Å²) >= 11 is 6.08. The molecule has 0 unspecified atom stereocenters. The van der Waals surface area contributed by atoms with Gasteiger partial charge in [0.1, 0.15) is 11.6 Å². The van der Waals surface area contributed by atoms with Gasteiger partial charge in [-0.25, -0.2) is 9.18 Å². The topological polar surface area (TPSA) is 61.9 Å². The standard InChI is InChI=1S/C22H25ClFN3O3/c1-2-14-30-20-9-6-17(23)15-19(20)25-22(29)27-11-3-10-26(12-13-27)21(28)16-4-7-18(24)8-5-16/h4-9,15H,2-3,10-14H2,1H3,(H,25,29). The summed E-state index contributed by atoms with van der Waals surface area (Å²) in [7, 11) is 0. The third kappa shape index (κ3) is 5.63. The lowest BCUT2D eigenvalue weighted by Crippen LogP contribution is -2.39. The van der Waals surface area contributed by atoms with Crippen LogP contribution >= 0.6 is 11.6 Å². The lowest BCUT2D eigenvalue weighted by atomic mass is 10.2. The van der Waals surface area contributed by atoms with Crippen LogP contribution in [-0.4, -0.2) is 54.5 Å². The lowest BCUT2D eigenvalue weighted by molar-refractivity contribution is 0.0762. The van der Waals surface area contributed by atoms with Crippen molar-refractivity contribution < 1.29 is 18.7 Å². The second-order valence-corrected chi connectivity index (χ2v) is 7.50. The highest BCUT2D eigenvalue weighted by atomic mass is 35.5. The summed E-state index contributed by atoms with van der Waals surface area (Å²) in [4.78, 5) is 28.8. The molecule has 160 valence electrons. The van der Waals surface area contributed by atoms with Crippen LogP contribution in [0.25, 0.3) is 0 Å². The molecule has 1 aliphatic heterocycles. The molecule has 1 heterocycles. The molecule has 1 N–H and O–H groups in total. The Kier molecular flexibility index (Phi) is 7.52. The van der Waals surface area contributed by atoms with Gasteiger partial charge >= 0.3 is 6.03 Å². The molecule has 6 nitrogen and oxygen atoms in total. The molecule has 2 aromatic carbocycles. The van der Waals surface area contributed by atoms with Crippen molar-refractivity contribution in [2.24, 2.45) is 0 Å². The number of nitrogens with zero attached hydrogens (tertiary/aromatic N) is 2. The van der Waals surface area contributed by atoms with Crippen molar-refractivity contribution in [2.45, 2.75) is 19.8 Å². The van der Waals surface area contributed by atoms with E-state index in [0.29, 0.717) is 61.2 Å². The van der Waals surface area contributed by atoms with E-state index in [0.717, 1.165) is 6.42 Å². The molecule has 0 radical (unpaired) electrons. The number of anilines is 1. The number of hydrogen-bond donors (Lipinski definition) is 1. The molecule has 3 amide bonds. The predicted molar refractivity (Wildman–Crippen MR) is 115 cm³/mol. The van der Waals surface area contributed by atoms with Crippen molar-refractivity contribution in [1.29, 1.82) is 0 Å². The average molecular weight is 434 g/mol. The van der Waals surface area contributed by atoms with Crippen molar-refractivity contribution in [3.8, 4) is 5.75 Å². The number of rotatable bonds is 5. The van der Waals surface area contributed by atoms with Crippen LogP contribution in [0.3, 0.4) is 0 Å². The number of amides is 3. The summed E-state index contributed by atoms with van der Waals surface area (Å²) in [5.41, 5.74) is 0.954. The zero-order valence-electron chi connectivity index (χ0n) is 16.9. The van der Waals surface area contributed by atoms with Crippen LogP contribution in [0.5, 0.6) is 5.75 Å². The summed E-state index contributed by atoms with van der Waals surface area (Å²) < 4.78 is 18.8. The van der Waals surface area contributed by atoms with Gasteiger partial charge in [0.25, 0.3) is 5.91 Å². The van der Waals surface area contributed by atoms with E-state index in [4.69, 9.17) is 16.3 Å². The average Bonchev–Trinajstić information content (AvgIpc) is 3.00. The summed E-state index contributed by atoms with van der Waals surface area (Å²) in [5.74, 6) is 0.0217. The smallest absolute Gasteiger partial charge is 0.322 e. The molecule has 0 aromatic heterocycles. The second kappa shape index (κ2) is 10.3. The Morgan fingerprint density at radius 2 is 1.77 bits per heavy atom. The maximum absolute atomic E-state index is 13.1. The van der Waals surface area contributed by atoms with Gasteiger partial charge in [-0.3, -0.25) is 4.79 Å². The van der Waals surface area contributed by atoms with Crippen molar-refractivity contribution in [3.63, 3.8) is 0 Å². The van der Waals surface area contributed by atoms with Gasteiger partial charge in [-0.15, -0.1) is 0 Å². The first-order chi connectivity index (χ1) is 14.5. The summed E-state index contributed by atoms with van der Waals surface area (Å²) in [6.45, 7) is 4.38. The Morgan fingerprint density at radius 3 is 2.50 bits per heavy atom. The molecule has 30 heavy (non-hydrogen) atoms. The van der Waals surface area contributed by atoms with Gasteiger partial charge in [0.15, 0.2) is 0 Å². The van der Waals surface area contributed by atoms with Gasteiger partial charge in [-0.1, -0.05) is 18.5 Å². The van der Waals surface area contributed by atoms with Gasteiger partial charge < -0.3 is 19.9 Å². The van der Waals surface area contributed by atoms with E-state index in [1.807, 2.05) is 6.92 Å². The van der Waals surface area contributed by atoms with Crippen molar-refractivity contribution in [3.05, 3.63) is 58.9 Å². The number of benzene rings is 2. The van der Waals surface area contributed by atoms with Crippen LogP contribution in [0.2, 0.25) is 5.02 Å². The van der Waals surface area contributed by atoms with Crippen LogP contribution in [0.1, 0.15) is 30.1 Å². The largest absolute Gasteiger partial charge is 0.491 e. The molecule has 8 heteroatoms. The molecule has 1 saturated heterocycles. The highest BCUT2D eigenvalue weighted by Gasteiger charge is 2.23. The maximum Gasteiger partial charge on any atom is 0.322 e. The Labute approximate surface area is 180 Å². The number of hydrogen-bond acceptors (Lipinski definition) is 3. The Morgan fingerprint density at radius 1 is 1.07 bits per heavy atom. The van der Waals surface area contributed by atoms with Gasteiger partial charge in [0.05, 0.1) is 12.3 Å². The quantitative estimate of drug-likeness (QED) is 0.746. The van der Waals surface area contributed by atoms with Crippen molar-refractivity contribution >= 4 is 29.2 Å². The minimum Gasteiger partial charge on any atom is -0.491 e. The van der Waals surface area contributed by atoms with E-state index in [2.05, 4.69) is 5.32 Å². The fourth-order valence-electron chi connectivity index (χ4n) is 3.23. The monoisotopic (exact) mass is 433 g/mol. The molecular weight excluding hydrogens is 409 g/mol. The number of urea groups is 1. The molecule has 0 atom stereocenters. The van der Waals surface area contributed by atoms with Gasteiger partial charge in [0.2, 0.25) is 0 Å². The van der Waals surface area contributed by atoms with E-state index >= 15 is 0 Å². The zero-order chi connectivity index (χ0) is 21.5. The predicted octanol–water partition coefficient (Wildman–Crippen LogP) is 4.65. The highest BCUT2D eigenvalue weighted by Crippen LogP contribution is 2.28. The summed E-state index contributed by atoms with van der Waals surface area (Å²) in [5, 5.41) is 3.37. The number of halogens is 2. The lowest BCUT2D eigenvalue weighted by Gasteiger charge is -2.23. The van der Waals surface area contributed by atoms with Crippen LogP contribution < -0.4 is 10.1 Å². The van der Waals surface area contributed by atoms with E-state index in [1.54, 1.807) is 28.0 Å². The normalized spacial score (nSPS) is 14.2. The van der Waals surface area contributed by atoms with Gasteiger partial charge in [-0.05, 0) is 55.3 Å². The van der Waals surface area contributed by atoms with Crippen LogP contribution in [-0.2, 0) is 0 Å². The van der Waals surface area contributed by atoms with Crippen molar-refractivity contribution in [2.75, 3.05) is 38.1 Å². The number of carbonyl (C=O) groups excluding carboxylic acids is 2. The van der Waals surface area contributed by atoms with E-state index in [1.165, 1.54) is 24.3 Å². The Hall–Kier alpha value is -2.80. The number of ether oxygens (including phenoxy) is 1. The first-order valence-corrected chi connectivity index (χ1v) is 10.4. The summed E-state index contributed by atoms with van der Waals surface area (Å²) in [6, 6.07) is 10.3. The first kappa shape index (κ1) is 21.9. The van der Waals surface area contributed by atoms with Gasteiger partial charge in [0, 0.05) is 36.8 Å². The summed E-state index contributed by atoms with van der Waals surface area (Å²) in [6.07, 6.45) is 1.50. The van der Waals surface area contributed by atoms with Crippen molar-refractivity contribution in [1.82, 2.24) is 9.80 Å². The third-order valence-corrected chi connectivity index (χ3v) is 5.04. The molecule has 0 aliphatic carbocycles. The maximum atomic E-state index is 13.1. The fourth-order valence-corrected chi connectivity index (χ4v) is 3.40. The van der Waals surface area contributed by atoms with E-state index < -0.39 is 0 Å². The molecule has 2 aromatic rings. The second-order valence-electron chi connectivity index (χ2n) is 7.06. The molecule has 1 fully saturated rings. The van der Waals surface area contributed by atoms with E-state index in [9.17, 15) is 14.0 Å². The third-order valence-electron chi connectivity index (χ3n) is 4.81. The van der Waals surface area contributed by atoms with Crippen LogP contribution in [0, 0.1) is 5.82 Å². The molecule has 0 bridgehead atoms. The molecule has 0 saturated carbocycles. The Balaban J connectivity index is 1.62. The minimum atomic E-state index is -0.381. The Bertz CT molecular complexity index is 892. The van der Waals surface area contributed by atoms with Gasteiger partial charge in [-0.2, -0.15) is 0 Å². The number of nitrogens with one attached hydrogen (secondary N) is 1. The SMILES string of the molecule is CCCOc1ccc(Cl)cc1NC(=O)N1CCCN(C(=O)c2ccc(F)cc2)CC1. The zero-order valence-corrected chi connectivity index (χ0v) is 17.6. The number of carbonyl (C=O) groups is 2. The highest BCUT2D eigenvalue weighted by molar-refractivity contribution is 6.31. The minimum absolute atomic E-state index is 0.164. The molecule has 0 spiro atoms. The first-order valence-electron chi connectivity index (χ1n) is 10.0. The van der Waals surface area contributed by atoms with Crippen LogP contribution in [0.4, 0.5) is 14.9 Å². The van der Waals surface area contributed by atoms with Crippen LogP contribution in [0.15, 0.2) is 42.5 Å². The molecular formula is C22H25ClFN3O3. The molecule has 1 aliphatic rings. The van der Waals surface area contributed by atoms with E-state index in [-0.39, 0.29) is 17.8 Å². The molecule has 3 rings (SSSR count).